The molecule has 0 aliphatic heterocycles. The number of benzene rings is 6. The standard InChI is InChI=1S/C44H29N5/c45-41-25-39(43-36-14-6-4-12-34(36)42(29-21-23-46-24-22-29)35-13-5-7-15-37(35)43)33-11-3-8-16-38(33)44(41)49-48-31-19-17-28(18-20-31)40-27-47-26-30-9-1-2-10-32(30)40/h1-27,45,48H/b45-41?,49-44-. The Balaban J connectivity index is 1.13. The summed E-state index contributed by atoms with van der Waals surface area (Å²) in [5.74, 6) is 0. The molecule has 0 saturated carbocycles. The van der Waals surface area contributed by atoms with Crippen molar-refractivity contribution >= 4 is 55.0 Å². The van der Waals surface area contributed by atoms with Gasteiger partial charge in [0.2, 0.25) is 0 Å². The molecule has 2 heterocycles. The van der Waals surface area contributed by atoms with Gasteiger partial charge in [-0.25, -0.2) is 0 Å². The predicted octanol–water partition coefficient (Wildman–Crippen LogP) is 10.6. The van der Waals surface area contributed by atoms with Crippen molar-refractivity contribution in [2.24, 2.45) is 5.10 Å². The van der Waals surface area contributed by atoms with Crippen LogP contribution in [0.4, 0.5) is 5.69 Å². The summed E-state index contributed by atoms with van der Waals surface area (Å²) >= 11 is 0. The van der Waals surface area contributed by atoms with E-state index in [4.69, 9.17) is 5.10 Å². The van der Waals surface area contributed by atoms with Crippen molar-refractivity contribution < 1.29 is 0 Å². The number of hydrazone groups is 1. The lowest BCUT2D eigenvalue weighted by molar-refractivity contribution is 1.33. The fourth-order valence-electron chi connectivity index (χ4n) is 7.13. The first-order valence-corrected chi connectivity index (χ1v) is 16.3. The van der Waals surface area contributed by atoms with Crippen LogP contribution in [0.5, 0.6) is 0 Å². The summed E-state index contributed by atoms with van der Waals surface area (Å²) < 4.78 is 0. The van der Waals surface area contributed by atoms with Gasteiger partial charge in [0.1, 0.15) is 5.71 Å². The summed E-state index contributed by atoms with van der Waals surface area (Å²) in [7, 11) is 0. The molecule has 0 saturated heterocycles. The number of hydrogen-bond donors (Lipinski definition) is 2. The van der Waals surface area contributed by atoms with Crippen LogP contribution in [0.3, 0.4) is 0 Å². The Labute approximate surface area is 283 Å². The molecule has 0 fully saturated rings. The van der Waals surface area contributed by atoms with Crippen LogP contribution in [0.2, 0.25) is 0 Å². The van der Waals surface area contributed by atoms with E-state index >= 15 is 0 Å². The van der Waals surface area contributed by atoms with Gasteiger partial charge >= 0.3 is 0 Å². The van der Waals surface area contributed by atoms with Gasteiger partial charge in [-0.3, -0.25) is 20.8 Å². The SMILES string of the molecule is N=C1C=C(c2c3ccccc3c(-c3ccncc3)c3ccccc23)c2ccccc2/C1=N/Nc1ccc(-c2cncc3ccccc23)cc1. The van der Waals surface area contributed by atoms with Crippen LogP contribution in [0.1, 0.15) is 16.7 Å². The van der Waals surface area contributed by atoms with Crippen LogP contribution in [-0.4, -0.2) is 21.4 Å². The second-order valence-electron chi connectivity index (χ2n) is 12.2. The zero-order chi connectivity index (χ0) is 32.7. The van der Waals surface area contributed by atoms with Gasteiger partial charge in [0.25, 0.3) is 0 Å². The number of nitrogens with one attached hydrogen (secondary N) is 2. The van der Waals surface area contributed by atoms with E-state index in [1.54, 1.807) is 0 Å². The summed E-state index contributed by atoms with van der Waals surface area (Å²) in [5.41, 5.74) is 13.6. The van der Waals surface area contributed by atoms with E-state index in [-0.39, 0.29) is 0 Å². The number of anilines is 1. The van der Waals surface area contributed by atoms with E-state index in [1.807, 2.05) is 55.1 Å². The Hall–Kier alpha value is -6.72. The Morgan fingerprint density at radius 3 is 1.78 bits per heavy atom. The minimum absolute atomic E-state index is 0.353. The first-order valence-electron chi connectivity index (χ1n) is 16.3. The largest absolute Gasteiger partial charge is 0.299 e. The molecule has 49 heavy (non-hydrogen) atoms. The van der Waals surface area contributed by atoms with E-state index in [9.17, 15) is 5.41 Å². The van der Waals surface area contributed by atoms with Gasteiger partial charge in [0.05, 0.1) is 11.4 Å². The minimum atomic E-state index is 0.353. The Morgan fingerprint density at radius 1 is 0.490 bits per heavy atom. The summed E-state index contributed by atoms with van der Waals surface area (Å²) in [4.78, 5) is 8.72. The maximum atomic E-state index is 9.28. The van der Waals surface area contributed by atoms with Crippen LogP contribution < -0.4 is 5.43 Å². The van der Waals surface area contributed by atoms with Crippen molar-refractivity contribution in [2.45, 2.75) is 0 Å². The number of hydrogen-bond acceptors (Lipinski definition) is 5. The van der Waals surface area contributed by atoms with Gasteiger partial charge in [0.15, 0.2) is 0 Å². The first kappa shape index (κ1) is 28.5. The van der Waals surface area contributed by atoms with Crippen molar-refractivity contribution in [3.8, 4) is 22.3 Å². The molecule has 1 aliphatic carbocycles. The number of nitrogens with zero attached hydrogens (tertiary/aromatic N) is 3. The first-order chi connectivity index (χ1) is 24.2. The fourth-order valence-corrected chi connectivity index (χ4v) is 7.13. The number of pyridine rings is 2. The lowest BCUT2D eigenvalue weighted by atomic mass is 9.80. The molecule has 0 amide bonds. The van der Waals surface area contributed by atoms with Crippen molar-refractivity contribution in [1.82, 2.24) is 9.97 Å². The van der Waals surface area contributed by atoms with E-state index < -0.39 is 0 Å². The highest BCUT2D eigenvalue weighted by molar-refractivity contribution is 6.54. The molecule has 6 aromatic carbocycles. The van der Waals surface area contributed by atoms with Crippen LogP contribution >= 0.6 is 0 Å². The smallest absolute Gasteiger partial charge is 0.116 e. The molecule has 0 spiro atoms. The van der Waals surface area contributed by atoms with Gasteiger partial charge in [-0.15, -0.1) is 0 Å². The number of allylic oxidation sites excluding steroid dienone is 1. The summed E-state index contributed by atoms with van der Waals surface area (Å²) in [6.45, 7) is 0. The average Bonchev–Trinajstić information content (AvgIpc) is 3.17. The van der Waals surface area contributed by atoms with Crippen molar-refractivity contribution in [3.63, 3.8) is 0 Å². The lowest BCUT2D eigenvalue weighted by Crippen LogP contribution is -2.21. The van der Waals surface area contributed by atoms with E-state index in [1.165, 1.54) is 10.9 Å². The zero-order valence-corrected chi connectivity index (χ0v) is 26.4. The maximum absolute atomic E-state index is 9.28. The quantitative estimate of drug-likeness (QED) is 0.147. The molecule has 1 aliphatic rings. The normalized spacial score (nSPS) is 13.5. The number of fused-ring (bicyclic) bond motifs is 4. The second kappa shape index (κ2) is 11.8. The van der Waals surface area contributed by atoms with Crippen LogP contribution in [0, 0.1) is 5.41 Å². The average molecular weight is 628 g/mol. The maximum Gasteiger partial charge on any atom is 0.116 e. The van der Waals surface area contributed by atoms with Crippen molar-refractivity contribution in [3.05, 3.63) is 181 Å². The molecule has 5 heteroatoms. The summed E-state index contributed by atoms with van der Waals surface area (Å²) in [6, 6.07) is 46.0. The van der Waals surface area contributed by atoms with Crippen molar-refractivity contribution in [1.29, 1.82) is 5.41 Å². The summed E-state index contributed by atoms with van der Waals surface area (Å²) in [6.07, 6.45) is 9.47. The molecule has 0 radical (unpaired) electrons. The van der Waals surface area contributed by atoms with Gasteiger partial charge in [-0.05, 0) is 90.7 Å². The van der Waals surface area contributed by atoms with Crippen LogP contribution in [0.15, 0.2) is 169 Å². The van der Waals surface area contributed by atoms with E-state index in [0.717, 1.165) is 71.6 Å². The molecular weight excluding hydrogens is 599 g/mol. The Morgan fingerprint density at radius 2 is 1.08 bits per heavy atom. The van der Waals surface area contributed by atoms with Gasteiger partial charge in [0, 0.05) is 41.3 Å². The molecule has 0 bridgehead atoms. The Bertz CT molecular complexity index is 2570. The Kier molecular flexibility index (Phi) is 6.87. The third-order valence-electron chi connectivity index (χ3n) is 9.35. The third-order valence-corrected chi connectivity index (χ3v) is 9.35. The number of aromatic nitrogens is 2. The highest BCUT2D eigenvalue weighted by atomic mass is 15.3. The van der Waals surface area contributed by atoms with Gasteiger partial charge in [-0.1, -0.05) is 109 Å². The predicted molar refractivity (Wildman–Crippen MR) is 203 cm³/mol. The minimum Gasteiger partial charge on any atom is -0.299 e. The van der Waals surface area contributed by atoms with Gasteiger partial charge < -0.3 is 0 Å². The highest BCUT2D eigenvalue weighted by Crippen LogP contribution is 2.44. The van der Waals surface area contributed by atoms with Crippen LogP contribution in [0.25, 0.3) is 60.1 Å². The molecule has 230 valence electrons. The summed E-state index contributed by atoms with van der Waals surface area (Å²) in [5, 5.41) is 21.0. The molecule has 8 aromatic rings. The molecule has 9 rings (SSSR count). The lowest BCUT2D eigenvalue weighted by Gasteiger charge is -2.24. The third kappa shape index (κ3) is 4.88. The monoisotopic (exact) mass is 627 g/mol. The molecule has 0 unspecified atom stereocenters. The second-order valence-corrected chi connectivity index (χ2v) is 12.2. The van der Waals surface area contributed by atoms with E-state index in [0.29, 0.717) is 11.4 Å². The van der Waals surface area contributed by atoms with Crippen LogP contribution in [-0.2, 0) is 0 Å². The molecular formula is C44H29N5. The van der Waals surface area contributed by atoms with Crippen molar-refractivity contribution in [2.75, 3.05) is 5.43 Å². The van der Waals surface area contributed by atoms with E-state index in [2.05, 4.69) is 125 Å². The molecule has 2 N–H and O–H groups in total. The zero-order valence-electron chi connectivity index (χ0n) is 26.4. The topological polar surface area (TPSA) is 74.0 Å². The highest BCUT2D eigenvalue weighted by Gasteiger charge is 2.26. The molecule has 2 aromatic heterocycles. The number of rotatable bonds is 5. The molecule has 0 atom stereocenters. The fraction of sp³-hybridized carbons (Fsp3) is 0. The van der Waals surface area contributed by atoms with Gasteiger partial charge in [-0.2, -0.15) is 5.10 Å². The molecule has 5 nitrogen and oxygen atoms in total.